The standard InChI is InChI=1S/C4H5NO3S/c1-2-3(6)5-4(7)9(2)8/h2H,1H3,(H,5,6,7). The van der Waals surface area contributed by atoms with Crippen LogP contribution in [0.3, 0.4) is 0 Å². The van der Waals surface area contributed by atoms with Gasteiger partial charge >= 0.3 is 5.24 Å². The van der Waals surface area contributed by atoms with Gasteiger partial charge in [0, 0.05) is 0 Å². The maximum Gasteiger partial charge on any atom is 0.316 e. The molecule has 2 amide bonds. The zero-order valence-electron chi connectivity index (χ0n) is 4.71. The van der Waals surface area contributed by atoms with Gasteiger partial charge in [-0.3, -0.25) is 14.9 Å². The lowest BCUT2D eigenvalue weighted by Gasteiger charge is -1.87. The third kappa shape index (κ3) is 0.873. The molecule has 1 N–H and O–H groups in total. The molecule has 0 aromatic heterocycles. The SMILES string of the molecule is CC1C(=O)NC(=O)S1=O. The molecular weight excluding hydrogens is 142 g/mol. The molecule has 0 aromatic rings. The number of hydrogen-bond donors (Lipinski definition) is 1. The highest BCUT2D eigenvalue weighted by Gasteiger charge is 2.34. The molecule has 50 valence electrons. The number of hydrogen-bond acceptors (Lipinski definition) is 3. The largest absolute Gasteiger partial charge is 0.316 e. The normalized spacial score (nSPS) is 34.8. The summed E-state index contributed by atoms with van der Waals surface area (Å²) in [4.78, 5) is 20.8. The van der Waals surface area contributed by atoms with E-state index in [-0.39, 0.29) is 0 Å². The first-order valence-corrected chi connectivity index (χ1v) is 3.59. The Kier molecular flexibility index (Phi) is 1.36. The van der Waals surface area contributed by atoms with Gasteiger partial charge in [-0.2, -0.15) is 0 Å². The molecule has 0 saturated carbocycles. The van der Waals surface area contributed by atoms with Crippen molar-refractivity contribution in [2.45, 2.75) is 12.2 Å². The van der Waals surface area contributed by atoms with Crippen LogP contribution in [-0.4, -0.2) is 20.6 Å². The molecule has 9 heavy (non-hydrogen) atoms. The fourth-order valence-corrected chi connectivity index (χ4v) is 1.29. The van der Waals surface area contributed by atoms with E-state index in [0.29, 0.717) is 0 Å². The molecule has 0 radical (unpaired) electrons. The van der Waals surface area contributed by atoms with Crippen molar-refractivity contribution in [1.29, 1.82) is 0 Å². The molecule has 1 heterocycles. The Morgan fingerprint density at radius 1 is 1.56 bits per heavy atom. The fraction of sp³-hybridized carbons (Fsp3) is 0.500. The Morgan fingerprint density at radius 3 is 2.22 bits per heavy atom. The van der Waals surface area contributed by atoms with E-state index < -0.39 is 27.2 Å². The van der Waals surface area contributed by atoms with E-state index >= 15 is 0 Å². The average molecular weight is 147 g/mol. The van der Waals surface area contributed by atoms with Crippen molar-refractivity contribution >= 4 is 21.9 Å². The van der Waals surface area contributed by atoms with Crippen molar-refractivity contribution in [1.82, 2.24) is 5.32 Å². The lowest BCUT2D eigenvalue weighted by Crippen LogP contribution is -2.22. The molecular formula is C4H5NO3S. The number of nitrogens with one attached hydrogen (secondary N) is 1. The first-order valence-electron chi connectivity index (χ1n) is 2.38. The summed E-state index contributed by atoms with van der Waals surface area (Å²) in [5, 5.41) is 0.596. The van der Waals surface area contributed by atoms with Crippen LogP contribution >= 0.6 is 0 Å². The second-order valence-electron chi connectivity index (χ2n) is 1.72. The summed E-state index contributed by atoms with van der Waals surface area (Å²) >= 11 is 0. The maximum absolute atomic E-state index is 10.6. The predicted molar refractivity (Wildman–Crippen MR) is 31.1 cm³/mol. The van der Waals surface area contributed by atoms with Gasteiger partial charge in [-0.25, -0.2) is 4.21 Å². The van der Waals surface area contributed by atoms with Gasteiger partial charge in [0.15, 0.2) is 0 Å². The van der Waals surface area contributed by atoms with Crippen LogP contribution in [0.2, 0.25) is 0 Å². The minimum Gasteiger partial charge on any atom is -0.284 e. The van der Waals surface area contributed by atoms with Crippen LogP contribution in [0.5, 0.6) is 0 Å². The highest BCUT2D eigenvalue weighted by atomic mass is 32.2. The summed E-state index contributed by atoms with van der Waals surface area (Å²) in [7, 11) is -1.64. The minimum atomic E-state index is -1.64. The molecule has 5 heteroatoms. The molecule has 1 rings (SSSR count). The average Bonchev–Trinajstić information content (AvgIpc) is 1.98. The molecule has 0 spiro atoms. The quantitative estimate of drug-likeness (QED) is 0.496. The smallest absolute Gasteiger partial charge is 0.284 e. The molecule has 1 fully saturated rings. The highest BCUT2D eigenvalue weighted by Crippen LogP contribution is 2.04. The maximum atomic E-state index is 10.6. The molecule has 1 aliphatic heterocycles. The number of carbonyl (C=O) groups is 2. The highest BCUT2D eigenvalue weighted by molar-refractivity contribution is 8.02. The summed E-state index contributed by atoms with van der Waals surface area (Å²) in [5.41, 5.74) is 0. The predicted octanol–water partition coefficient (Wildman–Crippen LogP) is -0.627. The van der Waals surface area contributed by atoms with Crippen molar-refractivity contribution in [3.63, 3.8) is 0 Å². The Morgan fingerprint density at radius 2 is 2.11 bits per heavy atom. The fourth-order valence-electron chi connectivity index (χ4n) is 0.510. The van der Waals surface area contributed by atoms with Gasteiger partial charge in [-0.1, -0.05) is 0 Å². The first kappa shape index (κ1) is 6.41. The van der Waals surface area contributed by atoms with Crippen molar-refractivity contribution in [3.8, 4) is 0 Å². The molecule has 4 nitrogen and oxygen atoms in total. The van der Waals surface area contributed by atoms with Crippen LogP contribution in [0, 0.1) is 0 Å². The van der Waals surface area contributed by atoms with Gasteiger partial charge in [0.2, 0.25) is 5.91 Å². The second-order valence-corrected chi connectivity index (χ2v) is 3.39. The monoisotopic (exact) mass is 147 g/mol. The van der Waals surface area contributed by atoms with E-state index in [9.17, 15) is 13.8 Å². The van der Waals surface area contributed by atoms with Gasteiger partial charge in [0.1, 0.15) is 16.0 Å². The van der Waals surface area contributed by atoms with Crippen LogP contribution in [-0.2, 0) is 15.6 Å². The molecule has 2 atom stereocenters. The lowest BCUT2D eigenvalue weighted by atomic mass is 10.5. The van der Waals surface area contributed by atoms with E-state index in [1.807, 2.05) is 5.32 Å². The Bertz CT molecular complexity index is 200. The van der Waals surface area contributed by atoms with E-state index in [2.05, 4.69) is 0 Å². The van der Waals surface area contributed by atoms with Gasteiger partial charge < -0.3 is 0 Å². The van der Waals surface area contributed by atoms with Crippen molar-refractivity contribution in [2.24, 2.45) is 0 Å². The number of carbonyl (C=O) groups excluding carboxylic acids is 2. The van der Waals surface area contributed by atoms with E-state index in [0.717, 1.165) is 0 Å². The minimum absolute atomic E-state index is 0.446. The van der Waals surface area contributed by atoms with Crippen molar-refractivity contribution in [2.75, 3.05) is 0 Å². The molecule has 0 aromatic carbocycles. The summed E-state index contributed by atoms with van der Waals surface area (Å²) in [6.45, 7) is 1.45. The van der Waals surface area contributed by atoms with Gasteiger partial charge in [-0.15, -0.1) is 0 Å². The zero-order chi connectivity index (χ0) is 7.02. The molecule has 2 unspecified atom stereocenters. The van der Waals surface area contributed by atoms with Crippen LogP contribution in [0.4, 0.5) is 4.79 Å². The Labute approximate surface area is 54.1 Å². The molecule has 0 bridgehead atoms. The summed E-state index contributed by atoms with van der Waals surface area (Å²) in [6.07, 6.45) is 0. The van der Waals surface area contributed by atoms with Crippen molar-refractivity contribution in [3.05, 3.63) is 0 Å². The van der Waals surface area contributed by atoms with Gasteiger partial charge in [0.25, 0.3) is 0 Å². The number of rotatable bonds is 0. The van der Waals surface area contributed by atoms with Crippen LogP contribution in [0.1, 0.15) is 6.92 Å². The van der Waals surface area contributed by atoms with Crippen molar-refractivity contribution < 1.29 is 13.8 Å². The van der Waals surface area contributed by atoms with Crippen LogP contribution in [0.15, 0.2) is 0 Å². The third-order valence-electron chi connectivity index (χ3n) is 1.10. The Balaban J connectivity index is 2.90. The molecule has 1 saturated heterocycles. The van der Waals surface area contributed by atoms with Gasteiger partial charge in [-0.05, 0) is 6.92 Å². The second kappa shape index (κ2) is 1.91. The molecule has 1 aliphatic rings. The van der Waals surface area contributed by atoms with E-state index in [4.69, 9.17) is 0 Å². The van der Waals surface area contributed by atoms with Gasteiger partial charge in [0.05, 0.1) is 0 Å². The number of imide groups is 1. The summed E-state index contributed by atoms with van der Waals surface area (Å²) < 4.78 is 10.6. The topological polar surface area (TPSA) is 63.2 Å². The van der Waals surface area contributed by atoms with E-state index in [1.165, 1.54) is 6.92 Å². The number of amides is 2. The van der Waals surface area contributed by atoms with Crippen LogP contribution in [0.25, 0.3) is 0 Å². The summed E-state index contributed by atoms with van der Waals surface area (Å²) in [5.74, 6) is -0.446. The zero-order valence-corrected chi connectivity index (χ0v) is 5.53. The third-order valence-corrected chi connectivity index (χ3v) is 2.42. The van der Waals surface area contributed by atoms with E-state index in [1.54, 1.807) is 0 Å². The first-order chi connectivity index (χ1) is 4.13. The van der Waals surface area contributed by atoms with Crippen LogP contribution < -0.4 is 5.32 Å². The lowest BCUT2D eigenvalue weighted by molar-refractivity contribution is -0.118. The Hall–Kier alpha value is -0.710. The summed E-state index contributed by atoms with van der Waals surface area (Å²) in [6, 6.07) is 0. The molecule has 0 aliphatic carbocycles.